The number of hydrogen-bond donors (Lipinski definition) is 4. The minimum Gasteiger partial charge on any atom is -0.396 e. The van der Waals surface area contributed by atoms with E-state index in [-0.39, 0.29) is 42.6 Å². The Bertz CT molecular complexity index is 664. The summed E-state index contributed by atoms with van der Waals surface area (Å²) in [5.74, 6) is 0.0801. The molecule has 1 unspecified atom stereocenters. The molecule has 1 saturated carbocycles. The lowest BCUT2D eigenvalue weighted by Crippen LogP contribution is -2.42. The summed E-state index contributed by atoms with van der Waals surface area (Å²) < 4.78 is 1.79. The SMILES string of the molecule is Nc1nc(=O)c2ncn(C3C[C@H](CO)[C@H]3CO)c2[nH]1. The molecule has 1 aliphatic carbocycles. The van der Waals surface area contributed by atoms with Gasteiger partial charge >= 0.3 is 5.56 Å². The molecule has 8 nitrogen and oxygen atoms in total. The predicted octanol–water partition coefficient (Wildman–Crippen LogP) is -1.14. The fourth-order valence-electron chi connectivity index (χ4n) is 2.78. The lowest BCUT2D eigenvalue weighted by molar-refractivity contribution is -0.00528. The Morgan fingerprint density at radius 3 is 2.95 bits per heavy atom. The Labute approximate surface area is 107 Å². The van der Waals surface area contributed by atoms with E-state index >= 15 is 0 Å². The number of fused-ring (bicyclic) bond motifs is 1. The predicted molar refractivity (Wildman–Crippen MR) is 67.4 cm³/mol. The largest absolute Gasteiger partial charge is 0.396 e. The average Bonchev–Trinajstić information content (AvgIpc) is 2.73. The summed E-state index contributed by atoms with van der Waals surface area (Å²) in [5, 5.41) is 18.6. The Hall–Kier alpha value is -1.93. The van der Waals surface area contributed by atoms with Crippen molar-refractivity contribution < 1.29 is 10.2 Å². The van der Waals surface area contributed by atoms with Crippen LogP contribution in [0, 0.1) is 11.8 Å². The number of aromatic amines is 1. The molecule has 8 heteroatoms. The van der Waals surface area contributed by atoms with Crippen LogP contribution >= 0.6 is 0 Å². The summed E-state index contributed by atoms with van der Waals surface area (Å²) in [6.07, 6.45) is 2.28. The highest BCUT2D eigenvalue weighted by molar-refractivity contribution is 5.70. The van der Waals surface area contributed by atoms with Crippen LogP contribution in [0.1, 0.15) is 12.5 Å². The zero-order valence-electron chi connectivity index (χ0n) is 10.2. The van der Waals surface area contributed by atoms with Gasteiger partial charge in [0, 0.05) is 25.2 Å². The fourth-order valence-corrected chi connectivity index (χ4v) is 2.78. The van der Waals surface area contributed by atoms with Gasteiger partial charge in [0.05, 0.1) is 6.33 Å². The maximum Gasteiger partial charge on any atom is 0.302 e. The zero-order valence-corrected chi connectivity index (χ0v) is 10.2. The number of hydrogen-bond acceptors (Lipinski definition) is 6. The number of nitrogens with zero attached hydrogens (tertiary/aromatic N) is 3. The first-order chi connectivity index (χ1) is 9.15. The molecule has 2 aromatic heterocycles. The van der Waals surface area contributed by atoms with E-state index in [9.17, 15) is 15.0 Å². The van der Waals surface area contributed by atoms with Crippen LogP contribution in [-0.4, -0.2) is 42.9 Å². The smallest absolute Gasteiger partial charge is 0.302 e. The molecule has 0 saturated heterocycles. The number of nitrogen functional groups attached to an aromatic ring is 1. The molecule has 1 fully saturated rings. The van der Waals surface area contributed by atoms with Gasteiger partial charge in [0.15, 0.2) is 5.52 Å². The number of H-pyrrole nitrogens is 1. The minimum atomic E-state index is -0.469. The Kier molecular flexibility index (Phi) is 2.76. The standard InChI is InChI=1S/C11H15N5O3/c12-11-14-9-8(10(19)15-11)13-4-16(9)7-1-5(2-17)6(7)3-18/h4-7,17-18H,1-3H2,(H3,12,14,15,19)/t5-,6-,7?/m1/s1. The van der Waals surface area contributed by atoms with E-state index in [0.717, 1.165) is 6.42 Å². The van der Waals surface area contributed by atoms with E-state index in [1.807, 2.05) is 0 Å². The highest BCUT2D eigenvalue weighted by Crippen LogP contribution is 2.44. The molecule has 19 heavy (non-hydrogen) atoms. The summed E-state index contributed by atoms with van der Waals surface area (Å²) in [5.41, 5.74) is 5.81. The molecule has 0 amide bonds. The number of nitrogens with two attached hydrogens (primary N) is 1. The second-order valence-corrected chi connectivity index (χ2v) is 4.87. The third-order valence-electron chi connectivity index (χ3n) is 3.91. The van der Waals surface area contributed by atoms with Gasteiger partial charge in [0.1, 0.15) is 5.65 Å². The van der Waals surface area contributed by atoms with E-state index in [2.05, 4.69) is 15.0 Å². The van der Waals surface area contributed by atoms with Gasteiger partial charge in [0.2, 0.25) is 5.95 Å². The zero-order chi connectivity index (χ0) is 13.6. The second-order valence-electron chi connectivity index (χ2n) is 4.87. The van der Waals surface area contributed by atoms with Crippen LogP contribution in [0.4, 0.5) is 5.95 Å². The Morgan fingerprint density at radius 2 is 2.26 bits per heavy atom. The fraction of sp³-hybridized carbons (Fsp3) is 0.545. The molecular weight excluding hydrogens is 250 g/mol. The number of rotatable bonds is 3. The lowest BCUT2D eigenvalue weighted by Gasteiger charge is -2.43. The first kappa shape index (κ1) is 12.1. The van der Waals surface area contributed by atoms with Gasteiger partial charge in [-0.25, -0.2) is 4.98 Å². The highest BCUT2D eigenvalue weighted by atomic mass is 16.3. The summed E-state index contributed by atoms with van der Waals surface area (Å²) >= 11 is 0. The molecule has 1 aliphatic rings. The number of aromatic nitrogens is 4. The van der Waals surface area contributed by atoms with Crippen molar-refractivity contribution in [1.82, 2.24) is 19.5 Å². The quantitative estimate of drug-likeness (QED) is 0.555. The number of aliphatic hydroxyl groups excluding tert-OH is 2. The van der Waals surface area contributed by atoms with Crippen molar-refractivity contribution in [2.24, 2.45) is 11.8 Å². The Morgan fingerprint density at radius 1 is 1.47 bits per heavy atom. The van der Waals surface area contributed by atoms with E-state index < -0.39 is 5.56 Å². The molecule has 2 heterocycles. The van der Waals surface area contributed by atoms with Gasteiger partial charge in [0.25, 0.3) is 0 Å². The second kappa shape index (κ2) is 4.32. The van der Waals surface area contributed by atoms with Gasteiger partial charge in [-0.15, -0.1) is 0 Å². The van der Waals surface area contributed by atoms with Gasteiger partial charge in [-0.3, -0.25) is 4.79 Å². The number of anilines is 1. The molecule has 2 aromatic rings. The molecule has 0 aliphatic heterocycles. The number of aliphatic hydroxyl groups is 2. The molecule has 102 valence electrons. The van der Waals surface area contributed by atoms with Crippen LogP contribution in [-0.2, 0) is 0 Å². The van der Waals surface area contributed by atoms with E-state index in [1.165, 1.54) is 0 Å². The van der Waals surface area contributed by atoms with E-state index in [0.29, 0.717) is 5.65 Å². The monoisotopic (exact) mass is 265 g/mol. The summed E-state index contributed by atoms with van der Waals surface area (Å²) in [4.78, 5) is 22.1. The third kappa shape index (κ3) is 1.71. The van der Waals surface area contributed by atoms with Gasteiger partial charge in [-0.05, 0) is 12.3 Å². The van der Waals surface area contributed by atoms with Crippen molar-refractivity contribution in [2.75, 3.05) is 18.9 Å². The van der Waals surface area contributed by atoms with Gasteiger partial charge in [-0.1, -0.05) is 0 Å². The molecule has 0 aromatic carbocycles. The van der Waals surface area contributed by atoms with Crippen molar-refractivity contribution in [3.63, 3.8) is 0 Å². The third-order valence-corrected chi connectivity index (χ3v) is 3.91. The highest BCUT2D eigenvalue weighted by Gasteiger charge is 2.41. The average molecular weight is 265 g/mol. The maximum absolute atomic E-state index is 11.6. The number of imidazole rings is 1. The molecule has 3 rings (SSSR count). The lowest BCUT2D eigenvalue weighted by atomic mass is 9.70. The van der Waals surface area contributed by atoms with Gasteiger partial charge < -0.3 is 25.5 Å². The molecule has 0 bridgehead atoms. The molecule has 5 N–H and O–H groups in total. The van der Waals surface area contributed by atoms with E-state index in [1.54, 1.807) is 10.9 Å². The van der Waals surface area contributed by atoms with Crippen LogP contribution < -0.4 is 11.3 Å². The molecule has 0 radical (unpaired) electrons. The van der Waals surface area contributed by atoms with Crippen molar-refractivity contribution in [3.05, 3.63) is 16.7 Å². The summed E-state index contributed by atoms with van der Waals surface area (Å²) in [7, 11) is 0. The van der Waals surface area contributed by atoms with E-state index in [4.69, 9.17) is 5.73 Å². The van der Waals surface area contributed by atoms with Crippen molar-refractivity contribution >= 4 is 17.1 Å². The molecule has 0 spiro atoms. The molecule has 3 atom stereocenters. The van der Waals surface area contributed by atoms with Crippen LogP contribution in [0.5, 0.6) is 0 Å². The molecular formula is C11H15N5O3. The van der Waals surface area contributed by atoms with Crippen LogP contribution in [0.2, 0.25) is 0 Å². The first-order valence-corrected chi connectivity index (χ1v) is 6.09. The van der Waals surface area contributed by atoms with Crippen LogP contribution in [0.3, 0.4) is 0 Å². The van der Waals surface area contributed by atoms with Crippen molar-refractivity contribution in [2.45, 2.75) is 12.5 Å². The summed E-state index contributed by atoms with van der Waals surface area (Å²) in [6, 6.07) is 0.00426. The van der Waals surface area contributed by atoms with Crippen LogP contribution in [0.25, 0.3) is 11.2 Å². The summed E-state index contributed by atoms with van der Waals surface area (Å²) in [6.45, 7) is 0.0366. The first-order valence-electron chi connectivity index (χ1n) is 6.09. The normalized spacial score (nSPS) is 26.5. The minimum absolute atomic E-state index is 0.00426. The van der Waals surface area contributed by atoms with Crippen molar-refractivity contribution in [1.29, 1.82) is 0 Å². The van der Waals surface area contributed by atoms with Crippen molar-refractivity contribution in [3.8, 4) is 0 Å². The number of nitrogens with one attached hydrogen (secondary N) is 1. The maximum atomic E-state index is 11.6. The van der Waals surface area contributed by atoms with Crippen LogP contribution in [0.15, 0.2) is 11.1 Å². The topological polar surface area (TPSA) is 130 Å². The van der Waals surface area contributed by atoms with Gasteiger partial charge in [-0.2, -0.15) is 4.98 Å². The Balaban J connectivity index is 2.05.